The molecule has 0 aromatic carbocycles. The third-order valence-electron chi connectivity index (χ3n) is 2.02. The summed E-state index contributed by atoms with van der Waals surface area (Å²) in [5, 5.41) is 0. The molecule has 2 nitrogen and oxygen atoms in total. The molecule has 0 saturated carbocycles. The van der Waals surface area contributed by atoms with Crippen molar-refractivity contribution in [1.29, 1.82) is 0 Å². The smallest absolute Gasteiger partial charge is 0.178 e. The molecule has 0 aliphatic carbocycles. The number of methoxy groups -OCH3 is 1. The van der Waals surface area contributed by atoms with E-state index < -0.39 is 0 Å². The lowest BCUT2D eigenvalue weighted by Gasteiger charge is -2.06. The van der Waals surface area contributed by atoms with Crippen LogP contribution in [0.25, 0.3) is 0 Å². The van der Waals surface area contributed by atoms with E-state index in [1.807, 2.05) is 12.1 Å². The third kappa shape index (κ3) is 3.75. The van der Waals surface area contributed by atoms with Crippen molar-refractivity contribution in [2.75, 3.05) is 7.11 Å². The Morgan fingerprint density at radius 2 is 2.15 bits per heavy atom. The van der Waals surface area contributed by atoms with Gasteiger partial charge in [-0.3, -0.25) is 0 Å². The first-order valence-corrected chi connectivity index (χ1v) is 4.22. The van der Waals surface area contributed by atoms with Gasteiger partial charge in [0.25, 0.3) is 0 Å². The number of rotatable bonds is 3. The lowest BCUT2D eigenvalue weighted by Crippen LogP contribution is -3.00. The molecule has 1 atom stereocenters. The number of hydrogen-bond acceptors (Lipinski definition) is 1. The van der Waals surface area contributed by atoms with Crippen LogP contribution in [0.4, 0.5) is 0 Å². The van der Waals surface area contributed by atoms with Crippen molar-refractivity contribution < 1.29 is 21.7 Å². The summed E-state index contributed by atoms with van der Waals surface area (Å²) in [6.45, 7) is 5.09. The Kier molecular flexibility index (Phi) is 5.67. The van der Waals surface area contributed by atoms with Gasteiger partial charge in [-0.05, 0) is 6.92 Å². The van der Waals surface area contributed by atoms with E-state index in [1.165, 1.54) is 5.69 Å². The second kappa shape index (κ2) is 5.95. The van der Waals surface area contributed by atoms with Gasteiger partial charge in [0.15, 0.2) is 18.4 Å². The van der Waals surface area contributed by atoms with Gasteiger partial charge in [0.2, 0.25) is 0 Å². The first kappa shape index (κ1) is 12.4. The van der Waals surface area contributed by atoms with Gasteiger partial charge in [0, 0.05) is 26.2 Å². The van der Waals surface area contributed by atoms with Crippen molar-refractivity contribution in [3.8, 4) is 0 Å². The molecule has 1 aromatic heterocycles. The summed E-state index contributed by atoms with van der Waals surface area (Å²) in [5.74, 6) is 0. The van der Waals surface area contributed by atoms with Gasteiger partial charge < -0.3 is 17.1 Å². The van der Waals surface area contributed by atoms with Crippen LogP contribution in [0.15, 0.2) is 24.4 Å². The van der Waals surface area contributed by atoms with Crippen LogP contribution >= 0.6 is 0 Å². The number of halogens is 1. The standard InChI is InChI=1S/C10H16NO.ClH/c1-9-6-4-5-7-11(9)8-10(2)12-3;/h4-7,10H,8H2,1-3H3;1H/q+1;/p-1. The lowest BCUT2D eigenvalue weighted by atomic mass is 10.3. The van der Waals surface area contributed by atoms with Crippen LogP contribution in [0.1, 0.15) is 12.6 Å². The Morgan fingerprint density at radius 1 is 1.46 bits per heavy atom. The van der Waals surface area contributed by atoms with Gasteiger partial charge in [-0.1, -0.05) is 6.07 Å². The van der Waals surface area contributed by atoms with Gasteiger partial charge in [0.05, 0.1) is 0 Å². The zero-order valence-corrected chi connectivity index (χ0v) is 9.08. The molecule has 0 aliphatic rings. The fourth-order valence-corrected chi connectivity index (χ4v) is 1.12. The van der Waals surface area contributed by atoms with E-state index >= 15 is 0 Å². The number of nitrogens with zero attached hydrogens (tertiary/aromatic N) is 1. The number of pyridine rings is 1. The molecule has 13 heavy (non-hydrogen) atoms. The average molecular weight is 202 g/mol. The highest BCUT2D eigenvalue weighted by molar-refractivity contribution is 4.94. The van der Waals surface area contributed by atoms with Crippen LogP contribution in [-0.2, 0) is 11.3 Å². The van der Waals surface area contributed by atoms with E-state index in [1.54, 1.807) is 7.11 Å². The highest BCUT2D eigenvalue weighted by Crippen LogP contribution is 1.91. The zero-order chi connectivity index (χ0) is 8.97. The minimum atomic E-state index is 0. The molecule has 1 heterocycles. The largest absolute Gasteiger partial charge is 1.00 e. The predicted octanol–water partition coefficient (Wildman–Crippen LogP) is -1.68. The number of aryl methyl sites for hydroxylation is 1. The predicted molar refractivity (Wildman–Crippen MR) is 47.8 cm³/mol. The molecule has 74 valence electrons. The van der Waals surface area contributed by atoms with Crippen molar-refractivity contribution in [2.45, 2.75) is 26.5 Å². The van der Waals surface area contributed by atoms with Gasteiger partial charge in [0.1, 0.15) is 6.10 Å². The highest BCUT2D eigenvalue weighted by atomic mass is 35.5. The number of aromatic nitrogens is 1. The summed E-state index contributed by atoms with van der Waals surface area (Å²) in [4.78, 5) is 0. The van der Waals surface area contributed by atoms with Gasteiger partial charge >= 0.3 is 0 Å². The molecule has 0 fully saturated rings. The van der Waals surface area contributed by atoms with Crippen molar-refractivity contribution in [1.82, 2.24) is 0 Å². The SMILES string of the molecule is COC(C)C[n+]1ccccc1C.[Cl-]. The van der Waals surface area contributed by atoms with Crippen LogP contribution in [0.3, 0.4) is 0 Å². The van der Waals surface area contributed by atoms with E-state index in [9.17, 15) is 0 Å². The molecule has 0 bridgehead atoms. The maximum absolute atomic E-state index is 5.19. The van der Waals surface area contributed by atoms with Crippen LogP contribution in [-0.4, -0.2) is 13.2 Å². The molecular formula is C10H16ClNO. The Labute approximate surface area is 86.0 Å². The second-order valence-corrected chi connectivity index (χ2v) is 3.04. The zero-order valence-electron chi connectivity index (χ0n) is 8.33. The summed E-state index contributed by atoms with van der Waals surface area (Å²) in [5.41, 5.74) is 1.27. The first-order valence-electron chi connectivity index (χ1n) is 4.22. The van der Waals surface area contributed by atoms with Crippen molar-refractivity contribution >= 4 is 0 Å². The van der Waals surface area contributed by atoms with Gasteiger partial charge in [-0.25, -0.2) is 4.57 Å². The highest BCUT2D eigenvalue weighted by Gasteiger charge is 2.09. The Hall–Kier alpha value is -0.600. The second-order valence-electron chi connectivity index (χ2n) is 3.04. The molecule has 1 unspecified atom stereocenters. The summed E-state index contributed by atoms with van der Waals surface area (Å²) >= 11 is 0. The summed E-state index contributed by atoms with van der Waals surface area (Å²) in [7, 11) is 1.74. The van der Waals surface area contributed by atoms with Crippen LogP contribution in [0, 0.1) is 6.92 Å². The van der Waals surface area contributed by atoms with E-state index in [2.05, 4.69) is 30.7 Å². The molecular weight excluding hydrogens is 186 g/mol. The average Bonchev–Trinajstić information content (AvgIpc) is 2.09. The quantitative estimate of drug-likeness (QED) is 0.533. The maximum Gasteiger partial charge on any atom is 0.178 e. The Balaban J connectivity index is 0.00000144. The minimum absolute atomic E-state index is 0. The van der Waals surface area contributed by atoms with Crippen LogP contribution in [0.5, 0.6) is 0 Å². The fourth-order valence-electron chi connectivity index (χ4n) is 1.12. The number of ether oxygens (including phenoxy) is 1. The Morgan fingerprint density at radius 3 is 2.69 bits per heavy atom. The molecule has 0 aliphatic heterocycles. The topological polar surface area (TPSA) is 13.1 Å². The molecule has 1 rings (SSSR count). The normalized spacial score (nSPS) is 11.9. The summed E-state index contributed by atoms with van der Waals surface area (Å²) in [6, 6.07) is 6.18. The van der Waals surface area contributed by atoms with Crippen molar-refractivity contribution in [3.05, 3.63) is 30.1 Å². The Bertz CT molecular complexity index is 252. The monoisotopic (exact) mass is 201 g/mol. The molecule has 0 saturated heterocycles. The fraction of sp³-hybridized carbons (Fsp3) is 0.500. The third-order valence-corrected chi connectivity index (χ3v) is 2.02. The minimum Gasteiger partial charge on any atom is -1.00 e. The van der Waals surface area contributed by atoms with Gasteiger partial charge in [-0.15, -0.1) is 0 Å². The van der Waals surface area contributed by atoms with E-state index in [0.29, 0.717) is 0 Å². The molecule has 0 amide bonds. The first-order chi connectivity index (χ1) is 5.74. The number of hydrogen-bond donors (Lipinski definition) is 0. The molecule has 0 spiro atoms. The summed E-state index contributed by atoms with van der Waals surface area (Å²) < 4.78 is 7.38. The van der Waals surface area contributed by atoms with E-state index in [-0.39, 0.29) is 18.5 Å². The molecule has 0 N–H and O–H groups in total. The summed E-state index contributed by atoms with van der Waals surface area (Å²) in [6.07, 6.45) is 2.35. The molecule has 0 radical (unpaired) electrons. The van der Waals surface area contributed by atoms with E-state index in [0.717, 1.165) is 6.54 Å². The van der Waals surface area contributed by atoms with Crippen LogP contribution < -0.4 is 17.0 Å². The van der Waals surface area contributed by atoms with Crippen molar-refractivity contribution in [3.63, 3.8) is 0 Å². The van der Waals surface area contributed by atoms with Crippen LogP contribution in [0.2, 0.25) is 0 Å². The lowest BCUT2D eigenvalue weighted by molar-refractivity contribution is -0.709. The van der Waals surface area contributed by atoms with E-state index in [4.69, 9.17) is 4.74 Å². The molecule has 1 aromatic rings. The molecule has 3 heteroatoms. The van der Waals surface area contributed by atoms with Crippen molar-refractivity contribution in [2.24, 2.45) is 0 Å². The van der Waals surface area contributed by atoms with Gasteiger partial charge in [-0.2, -0.15) is 0 Å². The maximum atomic E-state index is 5.19.